The van der Waals surface area contributed by atoms with E-state index >= 15 is 4.39 Å². The van der Waals surface area contributed by atoms with Crippen LogP contribution in [0, 0.1) is 5.82 Å². The molecular formula is C26H25F4N3O2. The number of rotatable bonds is 4. The summed E-state index contributed by atoms with van der Waals surface area (Å²) in [6.07, 6.45) is 0.0966. The van der Waals surface area contributed by atoms with Gasteiger partial charge in [0.2, 0.25) is 11.8 Å². The minimum absolute atomic E-state index is 0.141. The molecule has 2 atom stereocenters. The summed E-state index contributed by atoms with van der Waals surface area (Å²) in [6, 6.07) is 4.59. The Hall–Kier alpha value is -3.36. The molecule has 0 radical (unpaired) electrons. The van der Waals surface area contributed by atoms with Crippen molar-refractivity contribution in [1.29, 1.82) is 0 Å². The quantitative estimate of drug-likeness (QED) is 0.386. The molecule has 1 saturated heterocycles. The Labute approximate surface area is 198 Å². The molecule has 2 aliphatic rings. The fourth-order valence-corrected chi connectivity index (χ4v) is 6.26. The lowest BCUT2D eigenvalue weighted by Crippen LogP contribution is -2.44. The summed E-state index contributed by atoms with van der Waals surface area (Å²) in [4.78, 5) is 29.0. The number of nitrogens with two attached hydrogens (primary N) is 1. The number of fused-ring (bicyclic) bond motifs is 3. The fourth-order valence-electron chi connectivity index (χ4n) is 6.26. The summed E-state index contributed by atoms with van der Waals surface area (Å²) in [5.41, 5.74) is 5.51. The summed E-state index contributed by atoms with van der Waals surface area (Å²) in [5.74, 6) is -1.56. The van der Waals surface area contributed by atoms with E-state index in [9.17, 15) is 22.8 Å². The van der Waals surface area contributed by atoms with Crippen molar-refractivity contribution in [3.05, 3.63) is 59.4 Å². The molecule has 2 aromatic carbocycles. The average Bonchev–Trinajstić information content (AvgIpc) is 3.50. The van der Waals surface area contributed by atoms with Gasteiger partial charge in [-0.3, -0.25) is 9.59 Å². The van der Waals surface area contributed by atoms with Gasteiger partial charge in [-0.05, 0) is 67.9 Å². The number of aromatic nitrogens is 1. The van der Waals surface area contributed by atoms with E-state index < -0.39 is 23.5 Å². The summed E-state index contributed by atoms with van der Waals surface area (Å²) in [7, 11) is 0. The van der Waals surface area contributed by atoms with Crippen LogP contribution in [0.3, 0.4) is 0 Å². The molecule has 1 aliphatic carbocycles. The van der Waals surface area contributed by atoms with E-state index in [0.717, 1.165) is 25.0 Å². The fraction of sp³-hybridized carbons (Fsp3) is 0.385. The smallest absolute Gasteiger partial charge is 0.369 e. The van der Waals surface area contributed by atoms with E-state index in [2.05, 4.69) is 11.6 Å². The molecule has 35 heavy (non-hydrogen) atoms. The minimum atomic E-state index is -4.53. The van der Waals surface area contributed by atoms with Crippen LogP contribution in [0.4, 0.5) is 17.6 Å². The molecule has 184 valence electrons. The number of halogens is 4. The van der Waals surface area contributed by atoms with Gasteiger partial charge in [0.05, 0.1) is 17.5 Å². The van der Waals surface area contributed by atoms with Gasteiger partial charge < -0.3 is 15.6 Å². The third kappa shape index (κ3) is 3.77. The highest BCUT2D eigenvalue weighted by atomic mass is 19.4. The lowest BCUT2D eigenvalue weighted by atomic mass is 9.87. The highest BCUT2D eigenvalue weighted by molar-refractivity contribution is 6.11. The van der Waals surface area contributed by atoms with Crippen molar-refractivity contribution in [2.45, 2.75) is 56.2 Å². The van der Waals surface area contributed by atoms with E-state index in [0.29, 0.717) is 53.2 Å². The van der Waals surface area contributed by atoms with Crippen LogP contribution in [-0.4, -0.2) is 33.8 Å². The Morgan fingerprint density at radius 2 is 2.03 bits per heavy atom. The largest absolute Gasteiger partial charge is 0.416 e. The molecular weight excluding hydrogens is 462 g/mol. The number of nitrogens with zero attached hydrogens (tertiary/aromatic N) is 1. The zero-order chi connectivity index (χ0) is 25.1. The predicted octanol–water partition coefficient (Wildman–Crippen LogP) is 5.32. The summed E-state index contributed by atoms with van der Waals surface area (Å²) < 4.78 is 55.7. The Balaban J connectivity index is 1.68. The van der Waals surface area contributed by atoms with E-state index in [1.165, 1.54) is 18.2 Å². The van der Waals surface area contributed by atoms with Gasteiger partial charge in [0.1, 0.15) is 5.82 Å². The Bertz CT molecular complexity index is 1380. The Morgan fingerprint density at radius 3 is 2.71 bits per heavy atom. The molecule has 2 amide bonds. The summed E-state index contributed by atoms with van der Waals surface area (Å²) >= 11 is 0. The van der Waals surface area contributed by atoms with Crippen LogP contribution >= 0.6 is 0 Å². The van der Waals surface area contributed by atoms with Crippen LogP contribution in [0.15, 0.2) is 36.9 Å². The molecule has 9 heteroatoms. The predicted molar refractivity (Wildman–Crippen MR) is 124 cm³/mol. The number of hydrogen-bond acceptors (Lipinski definition) is 2. The van der Waals surface area contributed by atoms with Crippen molar-refractivity contribution in [2.75, 3.05) is 6.54 Å². The lowest BCUT2D eigenvalue weighted by Gasteiger charge is -2.35. The van der Waals surface area contributed by atoms with E-state index in [4.69, 9.17) is 5.73 Å². The van der Waals surface area contributed by atoms with Gasteiger partial charge in [0, 0.05) is 33.9 Å². The van der Waals surface area contributed by atoms with Crippen molar-refractivity contribution >= 4 is 33.6 Å². The highest BCUT2D eigenvalue weighted by Crippen LogP contribution is 2.52. The Kier molecular flexibility index (Phi) is 5.41. The number of alkyl halides is 3. The number of benzene rings is 2. The third-order valence-corrected chi connectivity index (χ3v) is 7.67. The van der Waals surface area contributed by atoms with Gasteiger partial charge in [0.15, 0.2) is 0 Å². The third-order valence-electron chi connectivity index (χ3n) is 7.67. The van der Waals surface area contributed by atoms with Crippen LogP contribution in [0.5, 0.6) is 0 Å². The molecule has 1 aromatic heterocycles. The standard InChI is InChI=1S/C26H25F4N3O2/c1-2-21(35)33-9-3-7-25(33)8-6-14(13-25)22-18(27)10-15(11-20(31)34)24-23(22)17-5-4-16(26(28,29)30)12-19(17)32-24/h2,4-5,10,12,14,32H,1,3,6-9,11,13H2,(H2,31,34). The average molecular weight is 487 g/mol. The molecule has 3 aromatic rings. The normalized spacial score (nSPS) is 22.5. The molecule has 2 fully saturated rings. The lowest BCUT2D eigenvalue weighted by molar-refractivity contribution is -0.137. The number of H-pyrrole nitrogens is 1. The number of carbonyl (C=O) groups excluding carboxylic acids is 2. The maximum absolute atomic E-state index is 15.7. The molecule has 2 heterocycles. The maximum atomic E-state index is 15.7. The molecule has 1 aliphatic heterocycles. The summed E-state index contributed by atoms with van der Waals surface area (Å²) in [6.45, 7) is 4.23. The van der Waals surface area contributed by atoms with Crippen molar-refractivity contribution in [3.63, 3.8) is 0 Å². The number of primary amides is 1. The van der Waals surface area contributed by atoms with Gasteiger partial charge in [0.25, 0.3) is 0 Å². The number of nitrogens with one attached hydrogen (secondary N) is 1. The molecule has 3 N–H and O–H groups in total. The van der Waals surface area contributed by atoms with Crippen LogP contribution in [0.1, 0.15) is 54.7 Å². The molecule has 0 bridgehead atoms. The van der Waals surface area contributed by atoms with Crippen LogP contribution in [0.2, 0.25) is 0 Å². The van der Waals surface area contributed by atoms with Gasteiger partial charge in [-0.15, -0.1) is 0 Å². The topological polar surface area (TPSA) is 79.2 Å². The van der Waals surface area contributed by atoms with Crippen molar-refractivity contribution in [2.24, 2.45) is 5.73 Å². The zero-order valence-corrected chi connectivity index (χ0v) is 19.0. The summed E-state index contributed by atoms with van der Waals surface area (Å²) in [5, 5.41) is 0.936. The van der Waals surface area contributed by atoms with Crippen molar-refractivity contribution < 1.29 is 27.2 Å². The number of carbonyl (C=O) groups is 2. The van der Waals surface area contributed by atoms with Gasteiger partial charge in [-0.25, -0.2) is 4.39 Å². The molecule has 5 rings (SSSR count). The molecule has 2 unspecified atom stereocenters. The first-order valence-electron chi connectivity index (χ1n) is 11.6. The molecule has 5 nitrogen and oxygen atoms in total. The van der Waals surface area contributed by atoms with Crippen molar-refractivity contribution in [1.82, 2.24) is 9.88 Å². The first-order valence-corrected chi connectivity index (χ1v) is 11.6. The number of hydrogen-bond donors (Lipinski definition) is 2. The van der Waals surface area contributed by atoms with E-state index in [1.54, 1.807) is 0 Å². The van der Waals surface area contributed by atoms with Gasteiger partial charge in [-0.2, -0.15) is 13.2 Å². The molecule has 1 spiro atoms. The van der Waals surface area contributed by atoms with Crippen LogP contribution in [-0.2, 0) is 22.2 Å². The van der Waals surface area contributed by atoms with E-state index in [1.807, 2.05) is 4.90 Å². The monoisotopic (exact) mass is 487 g/mol. The second kappa shape index (κ2) is 8.10. The molecule has 1 saturated carbocycles. The number of aromatic amines is 1. The number of amides is 2. The van der Waals surface area contributed by atoms with Crippen molar-refractivity contribution in [3.8, 4) is 0 Å². The van der Waals surface area contributed by atoms with Crippen LogP contribution < -0.4 is 5.73 Å². The first kappa shape index (κ1) is 23.4. The van der Waals surface area contributed by atoms with Gasteiger partial charge >= 0.3 is 6.18 Å². The van der Waals surface area contributed by atoms with Crippen LogP contribution in [0.25, 0.3) is 21.8 Å². The first-order chi connectivity index (χ1) is 16.5. The Morgan fingerprint density at radius 1 is 1.26 bits per heavy atom. The minimum Gasteiger partial charge on any atom is -0.369 e. The zero-order valence-electron chi connectivity index (χ0n) is 19.0. The highest BCUT2D eigenvalue weighted by Gasteiger charge is 2.49. The second-order valence-corrected chi connectivity index (χ2v) is 9.67. The van der Waals surface area contributed by atoms with Gasteiger partial charge in [-0.1, -0.05) is 12.6 Å². The SMILES string of the molecule is C=CC(=O)N1CCCC12CCC(c1c(F)cc(CC(N)=O)c3[nH]c4cc(C(F)(F)F)ccc4c13)C2. The van der Waals surface area contributed by atoms with E-state index in [-0.39, 0.29) is 29.3 Å². The number of likely N-dealkylation sites (tertiary alicyclic amines) is 1. The second-order valence-electron chi connectivity index (χ2n) is 9.67. The maximum Gasteiger partial charge on any atom is 0.416 e.